The van der Waals surface area contributed by atoms with Crippen molar-refractivity contribution in [3.63, 3.8) is 0 Å². The molecule has 1 aliphatic carbocycles. The first-order valence-electron chi connectivity index (χ1n) is 7.51. The van der Waals surface area contributed by atoms with Crippen LogP contribution in [0.3, 0.4) is 0 Å². The van der Waals surface area contributed by atoms with E-state index in [1.165, 1.54) is 25.7 Å². The van der Waals surface area contributed by atoms with Crippen molar-refractivity contribution in [1.82, 2.24) is 5.32 Å². The number of benzene rings is 1. The molecule has 1 fully saturated rings. The zero-order chi connectivity index (χ0) is 15.3. The molecular weight excluding hydrogens is 309 g/mol. The second kappa shape index (κ2) is 7.68. The van der Waals surface area contributed by atoms with Gasteiger partial charge in [-0.2, -0.15) is 0 Å². The van der Waals surface area contributed by atoms with E-state index in [-0.39, 0.29) is 6.61 Å². The minimum atomic E-state index is -0.531. The lowest BCUT2D eigenvalue weighted by molar-refractivity contribution is 0.105. The van der Waals surface area contributed by atoms with Gasteiger partial charge in [0.2, 0.25) is 0 Å². The molecule has 0 amide bonds. The maximum atomic E-state index is 9.93. The Morgan fingerprint density at radius 3 is 2.71 bits per heavy atom. The fraction of sp³-hybridized carbons (Fsp3) is 0.625. The normalized spacial score (nSPS) is 17.5. The van der Waals surface area contributed by atoms with Crippen molar-refractivity contribution < 1.29 is 9.84 Å². The van der Waals surface area contributed by atoms with Crippen LogP contribution in [0.15, 0.2) is 18.2 Å². The Morgan fingerprint density at radius 1 is 1.33 bits per heavy atom. The number of halogens is 2. The van der Waals surface area contributed by atoms with Crippen LogP contribution >= 0.6 is 23.2 Å². The molecular formula is C16H23Cl2NO2. The van der Waals surface area contributed by atoms with Gasteiger partial charge in [0, 0.05) is 19.2 Å². The van der Waals surface area contributed by atoms with Gasteiger partial charge >= 0.3 is 0 Å². The Bertz CT molecular complexity index is 464. The molecule has 0 heterocycles. The van der Waals surface area contributed by atoms with Gasteiger partial charge < -0.3 is 15.2 Å². The van der Waals surface area contributed by atoms with Crippen molar-refractivity contribution in [3.05, 3.63) is 28.2 Å². The number of rotatable bonds is 9. The van der Waals surface area contributed by atoms with E-state index in [9.17, 15) is 5.11 Å². The zero-order valence-corrected chi connectivity index (χ0v) is 13.9. The van der Waals surface area contributed by atoms with Crippen LogP contribution in [0.2, 0.25) is 10.0 Å². The van der Waals surface area contributed by atoms with Gasteiger partial charge in [-0.05, 0) is 36.8 Å². The zero-order valence-electron chi connectivity index (χ0n) is 12.4. The Morgan fingerprint density at radius 2 is 2.10 bits per heavy atom. The highest BCUT2D eigenvalue weighted by molar-refractivity contribution is 6.42. The predicted molar refractivity (Wildman–Crippen MR) is 87.4 cm³/mol. The first kappa shape index (κ1) is 16.9. The highest BCUT2D eigenvalue weighted by Gasteiger charge is 2.40. The van der Waals surface area contributed by atoms with Crippen molar-refractivity contribution in [1.29, 1.82) is 0 Å². The molecule has 1 saturated carbocycles. The molecule has 0 aliphatic heterocycles. The second-order valence-electron chi connectivity index (χ2n) is 5.92. The summed E-state index contributed by atoms with van der Waals surface area (Å²) >= 11 is 11.8. The summed E-state index contributed by atoms with van der Waals surface area (Å²) in [5.74, 6) is 0.619. The van der Waals surface area contributed by atoms with Crippen molar-refractivity contribution >= 4 is 23.2 Å². The topological polar surface area (TPSA) is 41.5 Å². The highest BCUT2D eigenvalue weighted by atomic mass is 35.5. The molecule has 2 rings (SSSR count). The average molecular weight is 332 g/mol. The van der Waals surface area contributed by atoms with E-state index < -0.39 is 6.10 Å². The van der Waals surface area contributed by atoms with Gasteiger partial charge in [-0.15, -0.1) is 0 Å². The number of hydrogen-bond donors (Lipinski definition) is 2. The van der Waals surface area contributed by atoms with Crippen LogP contribution in [0, 0.1) is 5.41 Å². The monoisotopic (exact) mass is 331 g/mol. The Kier molecular flexibility index (Phi) is 6.18. The van der Waals surface area contributed by atoms with E-state index >= 15 is 0 Å². The van der Waals surface area contributed by atoms with Crippen LogP contribution in [0.4, 0.5) is 0 Å². The fourth-order valence-electron chi connectivity index (χ4n) is 2.54. The van der Waals surface area contributed by atoms with Gasteiger partial charge in [0.05, 0.1) is 10.0 Å². The third-order valence-electron chi connectivity index (χ3n) is 3.95. The molecule has 3 nitrogen and oxygen atoms in total. The van der Waals surface area contributed by atoms with Gasteiger partial charge in [0.1, 0.15) is 18.5 Å². The molecule has 0 aromatic heterocycles. The molecule has 118 valence electrons. The third-order valence-corrected chi connectivity index (χ3v) is 4.69. The first-order chi connectivity index (χ1) is 10.0. The number of nitrogens with one attached hydrogen (secondary N) is 1. The van der Waals surface area contributed by atoms with E-state index in [1.807, 2.05) is 0 Å². The van der Waals surface area contributed by atoms with Crippen molar-refractivity contribution in [2.24, 2.45) is 5.41 Å². The van der Waals surface area contributed by atoms with E-state index in [0.29, 0.717) is 27.8 Å². The van der Waals surface area contributed by atoms with E-state index in [0.717, 1.165) is 6.54 Å². The highest BCUT2D eigenvalue weighted by Crippen LogP contribution is 2.48. The number of aliphatic hydroxyl groups excluding tert-OH is 1. The van der Waals surface area contributed by atoms with Crippen molar-refractivity contribution in [2.75, 3.05) is 19.7 Å². The number of ether oxygens (including phenoxy) is 1. The Balaban J connectivity index is 1.65. The quantitative estimate of drug-likeness (QED) is 0.721. The molecule has 21 heavy (non-hydrogen) atoms. The minimum absolute atomic E-state index is 0.242. The van der Waals surface area contributed by atoms with E-state index in [4.69, 9.17) is 27.9 Å². The van der Waals surface area contributed by atoms with Gasteiger partial charge in [-0.3, -0.25) is 0 Å². The van der Waals surface area contributed by atoms with Crippen LogP contribution in [-0.2, 0) is 0 Å². The van der Waals surface area contributed by atoms with Gasteiger partial charge in [-0.1, -0.05) is 36.5 Å². The molecule has 0 spiro atoms. The smallest absolute Gasteiger partial charge is 0.121 e. The maximum Gasteiger partial charge on any atom is 0.121 e. The molecule has 1 aromatic carbocycles. The van der Waals surface area contributed by atoms with Crippen LogP contribution < -0.4 is 10.1 Å². The molecule has 1 aliphatic rings. The molecule has 5 heteroatoms. The molecule has 1 atom stereocenters. The molecule has 1 unspecified atom stereocenters. The summed E-state index contributed by atoms with van der Waals surface area (Å²) < 4.78 is 5.52. The Labute approximate surface area is 136 Å². The number of aliphatic hydroxyl groups is 1. The van der Waals surface area contributed by atoms with E-state index in [2.05, 4.69) is 12.2 Å². The lowest BCUT2D eigenvalue weighted by Crippen LogP contribution is -2.34. The second-order valence-corrected chi connectivity index (χ2v) is 6.74. The summed E-state index contributed by atoms with van der Waals surface area (Å²) in [4.78, 5) is 0. The van der Waals surface area contributed by atoms with Crippen molar-refractivity contribution in [2.45, 2.75) is 38.7 Å². The Hall–Kier alpha value is -0.480. The molecule has 0 bridgehead atoms. The molecule has 0 radical (unpaired) electrons. The van der Waals surface area contributed by atoms with Crippen LogP contribution in [0.1, 0.15) is 32.6 Å². The standard InChI is InChI=1S/C16H23Cl2NO2/c1-2-5-16(6-7-16)11-19-9-12(20)10-21-13-3-4-14(17)15(18)8-13/h3-4,8,12,19-20H,2,5-7,9-11H2,1H3. The average Bonchev–Trinajstić information content (AvgIpc) is 3.20. The summed E-state index contributed by atoms with van der Waals surface area (Å²) in [7, 11) is 0. The molecule has 0 saturated heterocycles. The summed E-state index contributed by atoms with van der Waals surface area (Å²) in [5.41, 5.74) is 0.499. The van der Waals surface area contributed by atoms with Gasteiger partial charge in [0.25, 0.3) is 0 Å². The van der Waals surface area contributed by atoms with Crippen LogP contribution in [-0.4, -0.2) is 30.9 Å². The van der Waals surface area contributed by atoms with Gasteiger partial charge in [0.15, 0.2) is 0 Å². The summed E-state index contributed by atoms with van der Waals surface area (Å²) in [6, 6.07) is 5.09. The summed E-state index contributed by atoms with van der Waals surface area (Å²) in [5, 5.41) is 14.2. The maximum absolute atomic E-state index is 9.93. The number of hydrogen-bond acceptors (Lipinski definition) is 3. The third kappa shape index (κ3) is 5.33. The van der Waals surface area contributed by atoms with E-state index in [1.54, 1.807) is 18.2 Å². The minimum Gasteiger partial charge on any atom is -0.491 e. The van der Waals surface area contributed by atoms with Crippen molar-refractivity contribution in [3.8, 4) is 5.75 Å². The predicted octanol–water partition coefficient (Wildman–Crippen LogP) is 3.90. The lowest BCUT2D eigenvalue weighted by Gasteiger charge is -2.17. The fourth-order valence-corrected chi connectivity index (χ4v) is 2.83. The first-order valence-corrected chi connectivity index (χ1v) is 8.27. The molecule has 1 aromatic rings. The van der Waals surface area contributed by atoms with Crippen LogP contribution in [0.5, 0.6) is 5.75 Å². The molecule has 2 N–H and O–H groups in total. The lowest BCUT2D eigenvalue weighted by atomic mass is 10.0. The van der Waals surface area contributed by atoms with Gasteiger partial charge in [-0.25, -0.2) is 0 Å². The summed E-state index contributed by atoms with van der Waals surface area (Å²) in [6.07, 6.45) is 4.59. The SMILES string of the molecule is CCCC1(CNCC(O)COc2ccc(Cl)c(Cl)c2)CC1. The summed E-state index contributed by atoms with van der Waals surface area (Å²) in [6.45, 7) is 4.00. The van der Waals surface area contributed by atoms with Crippen LogP contribution in [0.25, 0.3) is 0 Å². The largest absolute Gasteiger partial charge is 0.491 e.